The third-order valence-corrected chi connectivity index (χ3v) is 3.24. The topological polar surface area (TPSA) is 69.0 Å². The normalized spacial score (nSPS) is 11.2. The number of nitrogens with two attached hydrogens (primary N) is 1. The van der Waals surface area contributed by atoms with Crippen molar-refractivity contribution in [2.24, 2.45) is 14.1 Å². The lowest BCUT2D eigenvalue weighted by atomic mass is 10.2. The Morgan fingerprint density at radius 2 is 2.00 bits per heavy atom. The van der Waals surface area contributed by atoms with Crippen LogP contribution >= 0.6 is 0 Å². The van der Waals surface area contributed by atoms with Crippen molar-refractivity contribution < 1.29 is 5.11 Å². The number of benzene rings is 1. The van der Waals surface area contributed by atoms with Gasteiger partial charge in [-0.25, -0.2) is 0 Å². The zero-order valence-corrected chi connectivity index (χ0v) is 10.3. The number of fused-ring (bicyclic) bond motifs is 1. The zero-order chi connectivity index (χ0) is 12.9. The van der Waals surface area contributed by atoms with Crippen molar-refractivity contribution in [1.82, 2.24) is 14.3 Å². The number of aryl methyl sites for hydroxylation is 2. The molecule has 18 heavy (non-hydrogen) atoms. The molecule has 0 atom stereocenters. The number of hydrogen-bond acceptors (Lipinski definition) is 3. The highest BCUT2D eigenvalue weighted by molar-refractivity contribution is 5.91. The summed E-state index contributed by atoms with van der Waals surface area (Å²) < 4.78 is 3.63. The smallest absolute Gasteiger partial charge is 0.124 e. The van der Waals surface area contributed by atoms with Crippen LogP contribution in [-0.4, -0.2) is 19.5 Å². The molecule has 0 saturated heterocycles. The maximum absolute atomic E-state index is 9.85. The highest BCUT2D eigenvalue weighted by Crippen LogP contribution is 2.31. The van der Waals surface area contributed by atoms with Gasteiger partial charge in [-0.2, -0.15) is 5.10 Å². The molecule has 0 amide bonds. The Hall–Kier alpha value is -2.43. The van der Waals surface area contributed by atoms with Crippen molar-refractivity contribution in [2.45, 2.75) is 0 Å². The molecule has 5 heteroatoms. The van der Waals surface area contributed by atoms with E-state index in [1.54, 1.807) is 17.8 Å². The third-order valence-electron chi connectivity index (χ3n) is 3.24. The molecular weight excluding hydrogens is 228 g/mol. The highest BCUT2D eigenvalue weighted by Gasteiger charge is 2.13. The lowest BCUT2D eigenvalue weighted by Gasteiger charge is -2.00. The molecule has 0 aliphatic carbocycles. The number of phenolic OH excluding ortho intramolecular Hbond substituents is 1. The van der Waals surface area contributed by atoms with Crippen LogP contribution in [0.3, 0.4) is 0 Å². The van der Waals surface area contributed by atoms with Gasteiger partial charge in [0.05, 0.1) is 11.2 Å². The second kappa shape index (κ2) is 3.53. The summed E-state index contributed by atoms with van der Waals surface area (Å²) in [4.78, 5) is 0. The summed E-state index contributed by atoms with van der Waals surface area (Å²) in [6, 6.07) is 9.22. The van der Waals surface area contributed by atoms with E-state index in [2.05, 4.69) is 5.10 Å². The molecule has 3 aromatic rings. The number of rotatable bonds is 1. The molecule has 0 aliphatic heterocycles. The minimum atomic E-state index is 0.276. The van der Waals surface area contributed by atoms with Crippen LogP contribution in [0.1, 0.15) is 0 Å². The molecule has 0 aliphatic rings. The van der Waals surface area contributed by atoms with Gasteiger partial charge in [0, 0.05) is 25.5 Å². The van der Waals surface area contributed by atoms with Gasteiger partial charge in [0.2, 0.25) is 0 Å². The lowest BCUT2D eigenvalue weighted by Crippen LogP contribution is -1.97. The van der Waals surface area contributed by atoms with Crippen molar-refractivity contribution >= 4 is 16.7 Å². The third kappa shape index (κ3) is 1.37. The molecule has 2 aromatic heterocycles. The van der Waals surface area contributed by atoms with E-state index in [0.29, 0.717) is 5.82 Å². The Balaban J connectivity index is 2.30. The van der Waals surface area contributed by atoms with E-state index in [-0.39, 0.29) is 5.75 Å². The Morgan fingerprint density at radius 1 is 1.22 bits per heavy atom. The number of anilines is 1. The van der Waals surface area contributed by atoms with Crippen molar-refractivity contribution in [1.29, 1.82) is 0 Å². The van der Waals surface area contributed by atoms with Crippen molar-refractivity contribution in [3.8, 4) is 17.1 Å². The Labute approximate surface area is 104 Å². The molecule has 3 N–H and O–H groups in total. The molecule has 0 fully saturated rings. The molecule has 1 aromatic carbocycles. The molecule has 0 saturated carbocycles. The molecule has 3 rings (SSSR count). The summed E-state index contributed by atoms with van der Waals surface area (Å²) in [6.45, 7) is 0. The average molecular weight is 242 g/mol. The molecule has 0 spiro atoms. The number of phenols is 1. The SMILES string of the molecule is Cn1nc(-c2cc3c(O)cccc3n2C)cc1N. The fourth-order valence-electron chi connectivity index (χ4n) is 2.20. The van der Waals surface area contributed by atoms with Crippen LogP contribution in [-0.2, 0) is 14.1 Å². The van der Waals surface area contributed by atoms with Crippen LogP contribution in [0.25, 0.3) is 22.3 Å². The quantitative estimate of drug-likeness (QED) is 0.684. The fourth-order valence-corrected chi connectivity index (χ4v) is 2.20. The van der Waals surface area contributed by atoms with E-state index in [9.17, 15) is 5.11 Å². The maximum atomic E-state index is 9.85. The Kier molecular flexibility index (Phi) is 2.10. The van der Waals surface area contributed by atoms with Gasteiger partial charge < -0.3 is 15.4 Å². The van der Waals surface area contributed by atoms with Gasteiger partial charge >= 0.3 is 0 Å². The molecule has 5 nitrogen and oxygen atoms in total. The van der Waals surface area contributed by atoms with Gasteiger partial charge in [-0.15, -0.1) is 0 Å². The van der Waals surface area contributed by atoms with Crippen LogP contribution in [0, 0.1) is 0 Å². The summed E-state index contributed by atoms with van der Waals surface area (Å²) >= 11 is 0. The van der Waals surface area contributed by atoms with E-state index >= 15 is 0 Å². The average Bonchev–Trinajstić information content (AvgIpc) is 2.83. The summed E-state index contributed by atoms with van der Waals surface area (Å²) in [5.74, 6) is 0.887. The van der Waals surface area contributed by atoms with Gasteiger partial charge in [0.15, 0.2) is 0 Å². The summed E-state index contributed by atoms with van der Waals surface area (Å²) in [6.07, 6.45) is 0. The summed E-state index contributed by atoms with van der Waals surface area (Å²) in [5.41, 5.74) is 8.49. The molecule has 0 radical (unpaired) electrons. The number of aromatic hydroxyl groups is 1. The standard InChI is InChI=1S/C13H14N4O/c1-16-10-4-3-5-12(18)8(10)6-11(16)9-7-13(14)17(2)15-9/h3-7,18H,14H2,1-2H3. The van der Waals surface area contributed by atoms with Gasteiger partial charge in [-0.05, 0) is 18.2 Å². The van der Waals surface area contributed by atoms with E-state index in [1.807, 2.05) is 35.9 Å². The lowest BCUT2D eigenvalue weighted by molar-refractivity contribution is 0.481. The van der Waals surface area contributed by atoms with Crippen molar-refractivity contribution in [2.75, 3.05) is 5.73 Å². The van der Waals surface area contributed by atoms with Crippen molar-refractivity contribution in [3.05, 3.63) is 30.3 Å². The molecule has 0 bridgehead atoms. The van der Waals surface area contributed by atoms with Crippen LogP contribution in [0.4, 0.5) is 5.82 Å². The maximum Gasteiger partial charge on any atom is 0.124 e. The monoisotopic (exact) mass is 242 g/mol. The summed E-state index contributed by atoms with van der Waals surface area (Å²) in [5, 5.41) is 15.0. The molecule has 92 valence electrons. The van der Waals surface area contributed by atoms with E-state index < -0.39 is 0 Å². The van der Waals surface area contributed by atoms with E-state index in [0.717, 1.165) is 22.3 Å². The largest absolute Gasteiger partial charge is 0.507 e. The number of aromatic nitrogens is 3. The number of nitrogens with zero attached hydrogens (tertiary/aromatic N) is 3. The predicted octanol–water partition coefficient (Wildman–Crippen LogP) is 1.87. The molecule has 0 unspecified atom stereocenters. The van der Waals surface area contributed by atoms with Crippen molar-refractivity contribution in [3.63, 3.8) is 0 Å². The molecular formula is C13H14N4O. The Bertz CT molecular complexity index is 719. The zero-order valence-electron chi connectivity index (χ0n) is 10.3. The Morgan fingerprint density at radius 3 is 2.61 bits per heavy atom. The van der Waals surface area contributed by atoms with Gasteiger partial charge in [-0.3, -0.25) is 4.68 Å². The minimum Gasteiger partial charge on any atom is -0.507 e. The fraction of sp³-hybridized carbons (Fsp3) is 0.154. The predicted molar refractivity (Wildman–Crippen MR) is 71.2 cm³/mol. The first kappa shape index (κ1) is 10.7. The van der Waals surface area contributed by atoms with Gasteiger partial charge in [-0.1, -0.05) is 6.07 Å². The minimum absolute atomic E-state index is 0.276. The van der Waals surface area contributed by atoms with Gasteiger partial charge in [0.1, 0.15) is 17.3 Å². The van der Waals surface area contributed by atoms with Crippen LogP contribution < -0.4 is 5.73 Å². The number of nitrogen functional groups attached to an aromatic ring is 1. The number of hydrogen-bond donors (Lipinski definition) is 2. The van der Waals surface area contributed by atoms with Gasteiger partial charge in [0.25, 0.3) is 0 Å². The first-order valence-electron chi connectivity index (χ1n) is 5.65. The van der Waals surface area contributed by atoms with E-state index in [4.69, 9.17) is 5.73 Å². The van der Waals surface area contributed by atoms with E-state index in [1.165, 1.54) is 0 Å². The first-order chi connectivity index (χ1) is 8.58. The highest BCUT2D eigenvalue weighted by atomic mass is 16.3. The second-order valence-electron chi connectivity index (χ2n) is 4.38. The van der Waals surface area contributed by atoms with Crippen LogP contribution in [0.5, 0.6) is 5.75 Å². The molecule has 2 heterocycles. The van der Waals surface area contributed by atoms with Crippen LogP contribution in [0.15, 0.2) is 30.3 Å². The second-order valence-corrected chi connectivity index (χ2v) is 4.38. The summed E-state index contributed by atoms with van der Waals surface area (Å²) in [7, 11) is 3.75. The first-order valence-corrected chi connectivity index (χ1v) is 5.65. The van der Waals surface area contributed by atoms with Crippen LogP contribution in [0.2, 0.25) is 0 Å².